The van der Waals surface area contributed by atoms with Crippen LogP contribution in [0.2, 0.25) is 5.02 Å². The molecule has 2 aromatic rings. The summed E-state index contributed by atoms with van der Waals surface area (Å²) in [7, 11) is -3.38. The zero-order valence-electron chi connectivity index (χ0n) is 17.4. The number of alkyl halides is 3. The third-order valence-electron chi connectivity index (χ3n) is 5.56. The van der Waals surface area contributed by atoms with Gasteiger partial charge in [-0.1, -0.05) is 43.1 Å². The molecule has 1 heterocycles. The number of sulfone groups is 1. The van der Waals surface area contributed by atoms with E-state index in [1.807, 2.05) is 0 Å². The third kappa shape index (κ3) is 5.44. The predicted molar refractivity (Wildman–Crippen MR) is 116 cm³/mol. The molecule has 3 rings (SSSR count). The highest BCUT2D eigenvalue weighted by Crippen LogP contribution is 2.36. The van der Waals surface area contributed by atoms with Crippen molar-refractivity contribution in [3.05, 3.63) is 64.2 Å². The zero-order chi connectivity index (χ0) is 23.5. The lowest BCUT2D eigenvalue weighted by Crippen LogP contribution is -2.46. The van der Waals surface area contributed by atoms with Crippen LogP contribution in [0.1, 0.15) is 53.7 Å². The van der Waals surface area contributed by atoms with Crippen molar-refractivity contribution in [3.8, 4) is 0 Å². The van der Waals surface area contributed by atoms with Gasteiger partial charge in [-0.05, 0) is 49.2 Å². The summed E-state index contributed by atoms with van der Waals surface area (Å²) in [6.45, 7) is 2.29. The van der Waals surface area contributed by atoms with E-state index in [1.54, 1.807) is 19.1 Å². The van der Waals surface area contributed by atoms with E-state index < -0.39 is 38.5 Å². The second-order valence-corrected chi connectivity index (χ2v) is 10.3. The quantitative estimate of drug-likeness (QED) is 0.614. The Kier molecular flexibility index (Phi) is 7.52. The maximum atomic E-state index is 13.2. The Balaban J connectivity index is 1.93. The van der Waals surface area contributed by atoms with Crippen LogP contribution in [0.15, 0.2) is 47.4 Å². The van der Waals surface area contributed by atoms with Gasteiger partial charge in [0.1, 0.15) is 0 Å². The molecule has 1 aliphatic rings. The van der Waals surface area contributed by atoms with Gasteiger partial charge in [0.15, 0.2) is 9.84 Å². The van der Waals surface area contributed by atoms with Crippen LogP contribution in [0.4, 0.5) is 13.2 Å². The normalized spacial score (nSPS) is 18.2. The van der Waals surface area contributed by atoms with Gasteiger partial charge in [0.05, 0.1) is 32.8 Å². The molecule has 0 saturated carbocycles. The van der Waals surface area contributed by atoms with Gasteiger partial charge >= 0.3 is 6.18 Å². The first-order valence-corrected chi connectivity index (χ1v) is 12.3. The lowest BCUT2D eigenvalue weighted by atomic mass is 9.92. The SMILES string of the molecule is CCS(=O)(=O)c1ccc(C(NC(=O)c2cccc(C(F)(F)F)c2Cl)C2CCCCN2)cc1. The van der Waals surface area contributed by atoms with Crippen molar-refractivity contribution >= 4 is 27.3 Å². The number of carbonyl (C=O) groups is 1. The Morgan fingerprint density at radius 3 is 2.44 bits per heavy atom. The molecule has 1 fully saturated rings. The molecule has 5 nitrogen and oxygen atoms in total. The standard InChI is InChI=1S/C22H24ClF3N2O3S/c1-2-32(30,31)15-11-9-14(10-12-15)20(18-8-3-4-13-27-18)28-21(29)16-6-5-7-17(19(16)23)22(24,25)26/h5-7,9-12,18,20,27H,2-4,8,13H2,1H3,(H,28,29). The molecule has 0 radical (unpaired) electrons. The summed E-state index contributed by atoms with van der Waals surface area (Å²) in [4.78, 5) is 13.1. The molecular weight excluding hydrogens is 465 g/mol. The molecule has 2 aromatic carbocycles. The maximum Gasteiger partial charge on any atom is 0.417 e. The summed E-state index contributed by atoms with van der Waals surface area (Å²) >= 11 is 5.93. The van der Waals surface area contributed by atoms with Crippen LogP contribution in [0.25, 0.3) is 0 Å². The van der Waals surface area contributed by atoms with Crippen molar-refractivity contribution in [2.75, 3.05) is 12.3 Å². The van der Waals surface area contributed by atoms with Gasteiger partial charge in [-0.25, -0.2) is 8.42 Å². The lowest BCUT2D eigenvalue weighted by molar-refractivity contribution is -0.137. The molecule has 0 bridgehead atoms. The lowest BCUT2D eigenvalue weighted by Gasteiger charge is -2.32. The van der Waals surface area contributed by atoms with Crippen LogP contribution in [-0.2, 0) is 16.0 Å². The molecule has 1 amide bonds. The summed E-state index contributed by atoms with van der Waals surface area (Å²) in [6.07, 6.45) is -2.03. The van der Waals surface area contributed by atoms with Gasteiger partial charge in [0.2, 0.25) is 0 Å². The summed E-state index contributed by atoms with van der Waals surface area (Å²) in [6, 6.07) is 8.68. The summed E-state index contributed by atoms with van der Waals surface area (Å²) in [5.74, 6) is -0.770. The average Bonchev–Trinajstić information content (AvgIpc) is 2.77. The molecule has 0 aromatic heterocycles. The Morgan fingerprint density at radius 1 is 1.19 bits per heavy atom. The number of hydrogen-bond donors (Lipinski definition) is 2. The average molecular weight is 489 g/mol. The second kappa shape index (κ2) is 9.80. The van der Waals surface area contributed by atoms with E-state index in [0.29, 0.717) is 5.56 Å². The minimum absolute atomic E-state index is 0.0370. The third-order valence-corrected chi connectivity index (χ3v) is 7.72. The molecule has 2 unspecified atom stereocenters. The topological polar surface area (TPSA) is 75.3 Å². The Morgan fingerprint density at radius 2 is 1.88 bits per heavy atom. The minimum Gasteiger partial charge on any atom is -0.344 e. The largest absolute Gasteiger partial charge is 0.417 e. The van der Waals surface area contributed by atoms with Crippen molar-refractivity contribution in [1.82, 2.24) is 10.6 Å². The number of rotatable bonds is 6. The van der Waals surface area contributed by atoms with Crippen molar-refractivity contribution < 1.29 is 26.4 Å². The molecule has 174 valence electrons. The van der Waals surface area contributed by atoms with E-state index >= 15 is 0 Å². The van der Waals surface area contributed by atoms with Crippen molar-refractivity contribution in [1.29, 1.82) is 0 Å². The van der Waals surface area contributed by atoms with Gasteiger partial charge in [0.25, 0.3) is 5.91 Å². The van der Waals surface area contributed by atoms with E-state index in [-0.39, 0.29) is 22.3 Å². The Labute approximate surface area is 190 Å². The monoisotopic (exact) mass is 488 g/mol. The molecule has 0 aliphatic carbocycles. The molecule has 2 atom stereocenters. The molecule has 1 aliphatic heterocycles. The number of hydrogen-bond acceptors (Lipinski definition) is 4. The highest BCUT2D eigenvalue weighted by Gasteiger charge is 2.35. The van der Waals surface area contributed by atoms with Crippen molar-refractivity contribution in [2.45, 2.75) is 49.3 Å². The van der Waals surface area contributed by atoms with Gasteiger partial charge in [0, 0.05) is 6.04 Å². The number of amides is 1. The number of nitrogens with one attached hydrogen (secondary N) is 2. The van der Waals surface area contributed by atoms with Gasteiger partial charge in [-0.3, -0.25) is 4.79 Å². The van der Waals surface area contributed by atoms with E-state index in [0.717, 1.165) is 37.9 Å². The summed E-state index contributed by atoms with van der Waals surface area (Å²) in [5, 5.41) is 5.49. The summed E-state index contributed by atoms with van der Waals surface area (Å²) < 4.78 is 63.8. The highest BCUT2D eigenvalue weighted by molar-refractivity contribution is 7.91. The number of carbonyl (C=O) groups excluding carboxylic acids is 1. The number of benzene rings is 2. The smallest absolute Gasteiger partial charge is 0.344 e. The van der Waals surface area contributed by atoms with E-state index in [2.05, 4.69) is 10.6 Å². The molecule has 32 heavy (non-hydrogen) atoms. The summed E-state index contributed by atoms with van der Waals surface area (Å²) in [5.41, 5.74) is -0.698. The van der Waals surface area contributed by atoms with Crippen LogP contribution in [0.3, 0.4) is 0 Å². The van der Waals surface area contributed by atoms with Crippen molar-refractivity contribution in [3.63, 3.8) is 0 Å². The fraction of sp³-hybridized carbons (Fsp3) is 0.409. The van der Waals surface area contributed by atoms with Crippen LogP contribution < -0.4 is 10.6 Å². The van der Waals surface area contributed by atoms with Crippen LogP contribution in [0, 0.1) is 0 Å². The van der Waals surface area contributed by atoms with Gasteiger partial charge < -0.3 is 10.6 Å². The fourth-order valence-electron chi connectivity index (χ4n) is 3.77. The Hall–Kier alpha value is -2.10. The zero-order valence-corrected chi connectivity index (χ0v) is 18.9. The molecule has 0 spiro atoms. The van der Waals surface area contributed by atoms with Crippen LogP contribution >= 0.6 is 11.6 Å². The first-order chi connectivity index (χ1) is 15.0. The molecule has 2 N–H and O–H groups in total. The predicted octanol–water partition coefficient (Wildman–Crippen LogP) is 4.77. The number of piperidine rings is 1. The van der Waals surface area contributed by atoms with Crippen LogP contribution in [0.5, 0.6) is 0 Å². The molecule has 10 heteroatoms. The van der Waals surface area contributed by atoms with E-state index in [1.165, 1.54) is 18.2 Å². The number of halogens is 4. The van der Waals surface area contributed by atoms with Gasteiger partial charge in [-0.15, -0.1) is 0 Å². The second-order valence-electron chi connectivity index (χ2n) is 7.64. The highest BCUT2D eigenvalue weighted by atomic mass is 35.5. The van der Waals surface area contributed by atoms with Crippen molar-refractivity contribution in [2.24, 2.45) is 0 Å². The first-order valence-electron chi connectivity index (χ1n) is 10.3. The Bertz CT molecular complexity index is 1070. The molecular formula is C22H24ClF3N2O3S. The van der Waals surface area contributed by atoms with Crippen LogP contribution in [-0.4, -0.2) is 32.7 Å². The fourth-order valence-corrected chi connectivity index (χ4v) is 4.98. The van der Waals surface area contributed by atoms with Gasteiger partial charge in [-0.2, -0.15) is 13.2 Å². The minimum atomic E-state index is -4.68. The molecule has 1 saturated heterocycles. The van der Waals surface area contributed by atoms with E-state index in [4.69, 9.17) is 11.6 Å². The van der Waals surface area contributed by atoms with E-state index in [9.17, 15) is 26.4 Å². The first kappa shape index (κ1) is 24.5. The maximum absolute atomic E-state index is 13.2.